The van der Waals surface area contributed by atoms with Crippen LogP contribution in [0.1, 0.15) is 36.3 Å². The Morgan fingerprint density at radius 2 is 2.24 bits per heavy atom. The molecule has 4 nitrogen and oxygen atoms in total. The third kappa shape index (κ3) is 2.91. The molecule has 4 rings (SSSR count). The third-order valence-corrected chi connectivity index (χ3v) is 4.84. The number of aromatic nitrogens is 2. The Hall–Kier alpha value is -1.17. The Morgan fingerprint density at radius 1 is 1.33 bits per heavy atom. The monoisotopic (exact) mass is 321 g/mol. The fourth-order valence-electron chi connectivity index (χ4n) is 2.63. The maximum absolute atomic E-state index is 6.17. The first-order valence-electron chi connectivity index (χ1n) is 7.23. The summed E-state index contributed by atoms with van der Waals surface area (Å²) in [4.78, 5) is 11.3. The van der Waals surface area contributed by atoms with E-state index in [9.17, 15) is 0 Å². The number of rotatable bonds is 3. The largest absolute Gasteiger partial charge is 0.370 e. The van der Waals surface area contributed by atoms with E-state index in [4.69, 9.17) is 21.3 Å². The number of nitrogens with zero attached hydrogens (tertiary/aromatic N) is 3. The van der Waals surface area contributed by atoms with E-state index in [0.717, 1.165) is 24.7 Å². The first-order valence-corrected chi connectivity index (χ1v) is 8.55. The maximum atomic E-state index is 6.17. The van der Waals surface area contributed by atoms with E-state index in [0.29, 0.717) is 17.7 Å². The summed E-state index contributed by atoms with van der Waals surface area (Å²) >= 11 is 7.87. The van der Waals surface area contributed by atoms with Gasteiger partial charge in [-0.25, -0.2) is 9.97 Å². The molecular weight excluding hydrogens is 306 g/mol. The lowest BCUT2D eigenvalue weighted by atomic mass is 10.1. The van der Waals surface area contributed by atoms with E-state index in [2.05, 4.69) is 26.7 Å². The van der Waals surface area contributed by atoms with Crippen molar-refractivity contribution < 1.29 is 4.74 Å². The fraction of sp³-hybridized carbons (Fsp3) is 0.467. The van der Waals surface area contributed by atoms with Gasteiger partial charge in [0.1, 0.15) is 22.9 Å². The number of hydrogen-bond donors (Lipinski definition) is 0. The summed E-state index contributed by atoms with van der Waals surface area (Å²) in [6.45, 7) is 2.37. The van der Waals surface area contributed by atoms with Crippen LogP contribution in [0.2, 0.25) is 5.15 Å². The average Bonchev–Trinajstić information content (AvgIpc) is 3.22. The van der Waals surface area contributed by atoms with Crippen LogP contribution >= 0.6 is 22.9 Å². The van der Waals surface area contributed by atoms with Crippen molar-refractivity contribution in [3.05, 3.63) is 39.4 Å². The maximum Gasteiger partial charge on any atom is 0.135 e. The van der Waals surface area contributed by atoms with E-state index >= 15 is 0 Å². The van der Waals surface area contributed by atoms with Gasteiger partial charge in [0.25, 0.3) is 0 Å². The van der Waals surface area contributed by atoms with Gasteiger partial charge in [0.05, 0.1) is 6.61 Å². The molecule has 1 aliphatic carbocycles. The van der Waals surface area contributed by atoms with Crippen LogP contribution in [-0.2, 0) is 4.74 Å². The zero-order valence-corrected chi connectivity index (χ0v) is 13.1. The molecule has 2 aromatic rings. The Balaban J connectivity index is 1.57. The minimum absolute atomic E-state index is 0.114. The second-order valence-corrected chi connectivity index (χ2v) is 6.71. The van der Waals surface area contributed by atoms with Gasteiger partial charge in [-0.05, 0) is 35.2 Å². The Kier molecular flexibility index (Phi) is 3.57. The molecule has 1 unspecified atom stereocenters. The van der Waals surface area contributed by atoms with Crippen molar-refractivity contribution in [2.75, 3.05) is 24.6 Å². The molecule has 1 atom stereocenters. The topological polar surface area (TPSA) is 38.2 Å². The van der Waals surface area contributed by atoms with E-state index < -0.39 is 0 Å². The van der Waals surface area contributed by atoms with Crippen LogP contribution in [-0.4, -0.2) is 29.7 Å². The first kappa shape index (κ1) is 13.5. The molecule has 0 radical (unpaired) electrons. The van der Waals surface area contributed by atoms with Crippen molar-refractivity contribution in [3.63, 3.8) is 0 Å². The standard InChI is InChI=1S/C15H16ClN3OS/c16-13-7-14(18-15(17-13)10-1-2-10)19-4-5-20-12(8-19)11-3-6-21-9-11/h3,6-7,9-10,12H,1-2,4-5,8H2. The van der Waals surface area contributed by atoms with Crippen molar-refractivity contribution in [2.24, 2.45) is 0 Å². The number of halogens is 1. The smallest absolute Gasteiger partial charge is 0.135 e. The van der Waals surface area contributed by atoms with Crippen molar-refractivity contribution in [3.8, 4) is 0 Å². The molecule has 0 amide bonds. The molecule has 0 bridgehead atoms. The number of hydrogen-bond acceptors (Lipinski definition) is 5. The Bertz CT molecular complexity index is 630. The highest BCUT2D eigenvalue weighted by atomic mass is 35.5. The van der Waals surface area contributed by atoms with Gasteiger partial charge in [0, 0.05) is 25.1 Å². The van der Waals surface area contributed by atoms with Crippen LogP contribution in [0.15, 0.2) is 22.9 Å². The first-order chi connectivity index (χ1) is 10.3. The van der Waals surface area contributed by atoms with Crippen LogP contribution < -0.4 is 4.90 Å². The van der Waals surface area contributed by atoms with Gasteiger partial charge in [-0.1, -0.05) is 11.6 Å². The van der Waals surface area contributed by atoms with Crippen LogP contribution in [0.3, 0.4) is 0 Å². The van der Waals surface area contributed by atoms with E-state index in [1.807, 2.05) is 6.07 Å². The molecular formula is C15H16ClN3OS. The molecule has 0 N–H and O–H groups in total. The minimum atomic E-state index is 0.114. The zero-order chi connectivity index (χ0) is 14.2. The highest BCUT2D eigenvalue weighted by Crippen LogP contribution is 2.39. The van der Waals surface area contributed by atoms with Crippen LogP contribution in [0, 0.1) is 0 Å². The van der Waals surface area contributed by atoms with Crippen molar-refractivity contribution in [1.82, 2.24) is 9.97 Å². The molecule has 110 valence electrons. The van der Waals surface area contributed by atoms with E-state index in [-0.39, 0.29) is 6.10 Å². The molecule has 6 heteroatoms. The van der Waals surface area contributed by atoms with Crippen LogP contribution in [0.25, 0.3) is 0 Å². The molecule has 21 heavy (non-hydrogen) atoms. The molecule has 2 aromatic heterocycles. The summed E-state index contributed by atoms with van der Waals surface area (Å²) in [6.07, 6.45) is 2.48. The lowest BCUT2D eigenvalue weighted by Gasteiger charge is -2.33. The van der Waals surface area contributed by atoms with Gasteiger partial charge >= 0.3 is 0 Å². The summed E-state index contributed by atoms with van der Waals surface area (Å²) in [5, 5.41) is 4.78. The minimum Gasteiger partial charge on any atom is -0.370 e. The summed E-state index contributed by atoms with van der Waals surface area (Å²) in [6, 6.07) is 3.99. The van der Waals surface area contributed by atoms with Crippen molar-refractivity contribution in [2.45, 2.75) is 24.9 Å². The summed E-state index contributed by atoms with van der Waals surface area (Å²) in [5.41, 5.74) is 1.24. The predicted molar refractivity (Wildman–Crippen MR) is 84.2 cm³/mol. The van der Waals surface area contributed by atoms with Crippen LogP contribution in [0.5, 0.6) is 0 Å². The number of ether oxygens (including phenoxy) is 1. The van der Waals surface area contributed by atoms with Gasteiger partial charge in [-0.15, -0.1) is 0 Å². The van der Waals surface area contributed by atoms with Gasteiger partial charge in [-0.2, -0.15) is 11.3 Å². The molecule has 2 aliphatic rings. The number of morpholine rings is 1. The highest BCUT2D eigenvalue weighted by molar-refractivity contribution is 7.07. The van der Waals surface area contributed by atoms with E-state index in [1.54, 1.807) is 11.3 Å². The fourth-order valence-corrected chi connectivity index (χ4v) is 3.51. The third-order valence-electron chi connectivity index (χ3n) is 3.95. The van der Waals surface area contributed by atoms with Crippen molar-refractivity contribution >= 4 is 28.8 Å². The average molecular weight is 322 g/mol. The quantitative estimate of drug-likeness (QED) is 0.809. The lowest BCUT2D eigenvalue weighted by molar-refractivity contribution is 0.0398. The van der Waals surface area contributed by atoms with Gasteiger partial charge in [0.15, 0.2) is 0 Å². The SMILES string of the molecule is Clc1cc(N2CCOC(c3ccsc3)C2)nc(C2CC2)n1. The Labute approximate surface area is 132 Å². The zero-order valence-electron chi connectivity index (χ0n) is 11.5. The van der Waals surface area contributed by atoms with Gasteiger partial charge < -0.3 is 9.64 Å². The highest BCUT2D eigenvalue weighted by Gasteiger charge is 2.29. The van der Waals surface area contributed by atoms with Gasteiger partial charge in [0.2, 0.25) is 0 Å². The molecule has 0 aromatic carbocycles. The molecule has 2 fully saturated rings. The van der Waals surface area contributed by atoms with Crippen molar-refractivity contribution in [1.29, 1.82) is 0 Å². The van der Waals surface area contributed by atoms with E-state index in [1.165, 1.54) is 18.4 Å². The normalized spacial score (nSPS) is 22.5. The second-order valence-electron chi connectivity index (χ2n) is 5.54. The number of anilines is 1. The predicted octanol–water partition coefficient (Wildman–Crippen LogP) is 3.65. The number of thiophene rings is 1. The molecule has 1 aliphatic heterocycles. The molecule has 0 spiro atoms. The van der Waals surface area contributed by atoms with Crippen LogP contribution in [0.4, 0.5) is 5.82 Å². The molecule has 1 saturated heterocycles. The second kappa shape index (κ2) is 5.55. The molecule has 3 heterocycles. The summed E-state index contributed by atoms with van der Waals surface area (Å²) < 4.78 is 5.88. The summed E-state index contributed by atoms with van der Waals surface area (Å²) in [7, 11) is 0. The Morgan fingerprint density at radius 3 is 3.00 bits per heavy atom. The van der Waals surface area contributed by atoms with Gasteiger partial charge in [-0.3, -0.25) is 0 Å². The molecule has 1 saturated carbocycles. The lowest BCUT2D eigenvalue weighted by Crippen LogP contribution is -2.38. The summed E-state index contributed by atoms with van der Waals surface area (Å²) in [5.74, 6) is 2.34.